The van der Waals surface area contributed by atoms with Crippen LogP contribution in [-0.4, -0.2) is 46.8 Å². The first kappa shape index (κ1) is 28.7. The summed E-state index contributed by atoms with van der Waals surface area (Å²) in [5, 5.41) is 22.1. The summed E-state index contributed by atoms with van der Waals surface area (Å²) in [5.41, 5.74) is 1.51. The van der Waals surface area contributed by atoms with Gasteiger partial charge in [-0.15, -0.1) is 0 Å². The fourth-order valence-corrected chi connectivity index (χ4v) is 11.6. The molecule has 0 radical (unpaired) electrons. The molecule has 4 heteroatoms. The zero-order valence-electron chi connectivity index (χ0n) is 25.8. The standard InChI is InChI=1S/C34H57NO3/c1-9-35(10-2)22-31(6)25-13-16-33(8)26(30(25,5)15-14-27(31)36)12-11-23-24-21-29(3,4)17-19-34(24,28(37)38)20-18-32(23,33)7/h11,24-27,36H,9-10,12-22H2,1-8H3,(H,37,38)/t24-,25?,26?,27-,30-,31-,32+,33+,34-/m0/s1. The van der Waals surface area contributed by atoms with Crippen molar-refractivity contribution in [1.29, 1.82) is 0 Å². The molecule has 0 spiro atoms. The Bertz CT molecular complexity index is 984. The molecule has 5 aliphatic carbocycles. The van der Waals surface area contributed by atoms with Crippen LogP contribution in [0.1, 0.15) is 120 Å². The van der Waals surface area contributed by atoms with Gasteiger partial charge in [0.05, 0.1) is 11.5 Å². The fraction of sp³-hybridized carbons (Fsp3) is 0.912. The van der Waals surface area contributed by atoms with Crippen molar-refractivity contribution in [3.05, 3.63) is 11.6 Å². The van der Waals surface area contributed by atoms with Crippen molar-refractivity contribution in [2.24, 2.45) is 50.2 Å². The summed E-state index contributed by atoms with van der Waals surface area (Å²) in [6.07, 6.45) is 12.5. The van der Waals surface area contributed by atoms with Gasteiger partial charge in [0.15, 0.2) is 0 Å². The molecule has 38 heavy (non-hydrogen) atoms. The van der Waals surface area contributed by atoms with Crippen molar-refractivity contribution in [1.82, 2.24) is 4.90 Å². The van der Waals surface area contributed by atoms with Gasteiger partial charge in [-0.05, 0) is 117 Å². The number of carbonyl (C=O) groups is 1. The van der Waals surface area contributed by atoms with Crippen LogP contribution < -0.4 is 0 Å². The average molecular weight is 528 g/mol. The maximum absolute atomic E-state index is 12.9. The van der Waals surface area contributed by atoms with Crippen molar-refractivity contribution in [2.45, 2.75) is 126 Å². The van der Waals surface area contributed by atoms with E-state index in [0.717, 1.165) is 71.0 Å². The van der Waals surface area contributed by atoms with Gasteiger partial charge in [-0.1, -0.05) is 67.0 Å². The van der Waals surface area contributed by atoms with E-state index in [1.165, 1.54) is 18.4 Å². The minimum absolute atomic E-state index is 0.0618. The molecule has 4 saturated carbocycles. The van der Waals surface area contributed by atoms with E-state index in [0.29, 0.717) is 11.8 Å². The van der Waals surface area contributed by atoms with Gasteiger partial charge in [0.25, 0.3) is 0 Å². The van der Waals surface area contributed by atoms with Gasteiger partial charge in [-0.3, -0.25) is 4.79 Å². The predicted molar refractivity (Wildman–Crippen MR) is 155 cm³/mol. The lowest BCUT2D eigenvalue weighted by Gasteiger charge is -2.71. The Labute approximate surface area is 233 Å². The topological polar surface area (TPSA) is 60.8 Å². The van der Waals surface area contributed by atoms with Crippen LogP contribution in [0, 0.1) is 50.2 Å². The average Bonchev–Trinajstić information content (AvgIpc) is 2.85. The van der Waals surface area contributed by atoms with Crippen LogP contribution >= 0.6 is 0 Å². The van der Waals surface area contributed by atoms with Gasteiger partial charge in [-0.25, -0.2) is 0 Å². The second kappa shape index (κ2) is 9.07. The molecule has 0 aromatic carbocycles. The fourth-order valence-electron chi connectivity index (χ4n) is 11.6. The Hall–Kier alpha value is -0.870. The summed E-state index contributed by atoms with van der Waals surface area (Å²) in [5.74, 6) is 0.732. The van der Waals surface area contributed by atoms with Crippen molar-refractivity contribution in [2.75, 3.05) is 19.6 Å². The molecular formula is C34H57NO3. The van der Waals surface area contributed by atoms with Gasteiger partial charge >= 0.3 is 5.97 Å². The zero-order valence-corrected chi connectivity index (χ0v) is 25.8. The molecule has 2 unspecified atom stereocenters. The van der Waals surface area contributed by atoms with E-state index in [1.807, 2.05) is 0 Å². The summed E-state index contributed by atoms with van der Waals surface area (Å²) in [6.45, 7) is 22.4. The molecule has 5 aliphatic rings. The minimum atomic E-state index is -0.567. The number of aliphatic carboxylic acids is 1. The minimum Gasteiger partial charge on any atom is -0.481 e. The van der Waals surface area contributed by atoms with E-state index >= 15 is 0 Å². The molecule has 4 nitrogen and oxygen atoms in total. The molecule has 9 atom stereocenters. The van der Waals surface area contributed by atoms with E-state index in [2.05, 4.69) is 66.4 Å². The second-order valence-corrected chi connectivity index (χ2v) is 16.2. The number of carboxylic acid groups (broad SMARTS) is 1. The van der Waals surface area contributed by atoms with Crippen molar-refractivity contribution >= 4 is 5.97 Å². The van der Waals surface area contributed by atoms with E-state index < -0.39 is 11.4 Å². The molecule has 0 heterocycles. The molecule has 5 rings (SSSR count). The number of hydrogen-bond donors (Lipinski definition) is 2. The molecule has 0 amide bonds. The highest BCUT2D eigenvalue weighted by Gasteiger charge is 2.69. The van der Waals surface area contributed by atoms with Crippen LogP contribution in [0.15, 0.2) is 11.6 Å². The summed E-state index contributed by atoms with van der Waals surface area (Å²) in [7, 11) is 0. The summed E-state index contributed by atoms with van der Waals surface area (Å²) in [6, 6.07) is 0. The number of aliphatic hydroxyl groups is 1. The number of nitrogens with zero attached hydrogens (tertiary/aromatic N) is 1. The normalized spacial score (nSPS) is 49.8. The highest BCUT2D eigenvalue weighted by atomic mass is 16.4. The lowest BCUT2D eigenvalue weighted by molar-refractivity contribution is -0.212. The first-order chi connectivity index (χ1) is 17.6. The van der Waals surface area contributed by atoms with E-state index in [9.17, 15) is 15.0 Å². The molecular weight excluding hydrogens is 470 g/mol. The molecule has 0 aromatic heterocycles. The Kier molecular flexibility index (Phi) is 6.84. The smallest absolute Gasteiger partial charge is 0.310 e. The number of fused-ring (bicyclic) bond motifs is 7. The summed E-state index contributed by atoms with van der Waals surface area (Å²) in [4.78, 5) is 15.4. The maximum atomic E-state index is 12.9. The number of rotatable bonds is 5. The number of aliphatic hydroxyl groups excluding tert-OH is 1. The van der Waals surface area contributed by atoms with E-state index in [-0.39, 0.29) is 39.1 Å². The van der Waals surface area contributed by atoms with Crippen molar-refractivity contribution in [3.8, 4) is 0 Å². The van der Waals surface area contributed by atoms with Gasteiger partial charge in [0.2, 0.25) is 0 Å². The lowest BCUT2D eigenvalue weighted by atomic mass is 9.33. The number of allylic oxidation sites excluding steroid dienone is 2. The van der Waals surface area contributed by atoms with Crippen LogP contribution in [0.3, 0.4) is 0 Å². The van der Waals surface area contributed by atoms with Crippen LogP contribution in [0.2, 0.25) is 0 Å². The Balaban J connectivity index is 1.56. The molecule has 0 aromatic rings. The van der Waals surface area contributed by atoms with Crippen LogP contribution in [0.4, 0.5) is 0 Å². The van der Waals surface area contributed by atoms with Crippen molar-refractivity contribution < 1.29 is 15.0 Å². The van der Waals surface area contributed by atoms with Crippen LogP contribution in [0.25, 0.3) is 0 Å². The third kappa shape index (κ3) is 3.70. The second-order valence-electron chi connectivity index (χ2n) is 16.2. The third-order valence-electron chi connectivity index (χ3n) is 14.3. The monoisotopic (exact) mass is 527 g/mol. The number of carboxylic acids is 1. The molecule has 0 aliphatic heterocycles. The summed E-state index contributed by atoms with van der Waals surface area (Å²) < 4.78 is 0. The molecule has 2 N–H and O–H groups in total. The predicted octanol–water partition coefficient (Wildman–Crippen LogP) is 7.56. The van der Waals surface area contributed by atoms with Gasteiger partial charge < -0.3 is 15.1 Å². The molecule has 216 valence electrons. The summed E-state index contributed by atoms with van der Waals surface area (Å²) >= 11 is 0. The quantitative estimate of drug-likeness (QED) is 0.362. The van der Waals surface area contributed by atoms with Gasteiger partial charge in [0, 0.05) is 12.0 Å². The Morgan fingerprint density at radius 2 is 1.58 bits per heavy atom. The lowest BCUT2D eigenvalue weighted by Crippen LogP contribution is -2.66. The largest absolute Gasteiger partial charge is 0.481 e. The van der Waals surface area contributed by atoms with Crippen LogP contribution in [0.5, 0.6) is 0 Å². The van der Waals surface area contributed by atoms with Crippen LogP contribution in [-0.2, 0) is 4.79 Å². The highest BCUT2D eigenvalue weighted by molar-refractivity contribution is 5.76. The Morgan fingerprint density at radius 1 is 0.921 bits per heavy atom. The molecule has 0 saturated heterocycles. The first-order valence-electron chi connectivity index (χ1n) is 16.0. The molecule has 4 fully saturated rings. The van der Waals surface area contributed by atoms with E-state index in [1.54, 1.807) is 0 Å². The maximum Gasteiger partial charge on any atom is 0.310 e. The zero-order chi connectivity index (χ0) is 27.9. The third-order valence-corrected chi connectivity index (χ3v) is 14.3. The van der Waals surface area contributed by atoms with E-state index in [4.69, 9.17) is 0 Å². The highest BCUT2D eigenvalue weighted by Crippen LogP contribution is 2.75. The Morgan fingerprint density at radius 3 is 2.21 bits per heavy atom. The van der Waals surface area contributed by atoms with Gasteiger partial charge in [-0.2, -0.15) is 0 Å². The number of hydrogen-bond acceptors (Lipinski definition) is 3. The first-order valence-corrected chi connectivity index (χ1v) is 16.0. The SMILES string of the molecule is CCN(CC)C[C@@]1(C)C2CC[C@]3(C)C(CC=C4[C@@H]5CC(C)(C)CC[C@]5(C(=O)O)CC[C@]43C)[C@@]2(C)CC[C@@H]1O. The van der Waals surface area contributed by atoms with Gasteiger partial charge in [0.1, 0.15) is 0 Å². The molecule has 0 bridgehead atoms. The van der Waals surface area contributed by atoms with Crippen molar-refractivity contribution in [3.63, 3.8) is 0 Å².